The number of nitrogens with zero attached hydrogens (tertiary/aromatic N) is 2. The lowest BCUT2D eigenvalue weighted by Gasteiger charge is -1.90. The molecule has 7 N–H and O–H groups in total. The van der Waals surface area contributed by atoms with E-state index in [9.17, 15) is 0 Å². The smallest absolute Gasteiger partial charge is 0.291 e. The standard InChI is InChI=1S/C3H9N3S.2HNO3/c4-1-2-7-3(5)6;2*2-1(3)4/h1-2,4H2,(H3,5,6);2*(H,2,3,4). The first-order valence-corrected chi connectivity index (χ1v) is 4.06. The van der Waals surface area contributed by atoms with Crippen LogP contribution in [0, 0.1) is 25.6 Å². The van der Waals surface area contributed by atoms with E-state index in [1.165, 1.54) is 11.8 Å². The van der Waals surface area contributed by atoms with Crippen LogP contribution in [0.25, 0.3) is 0 Å². The minimum Gasteiger partial charge on any atom is -0.379 e. The van der Waals surface area contributed by atoms with Gasteiger partial charge in [-0.05, 0) is 0 Å². The Bertz CT molecular complexity index is 179. The Labute approximate surface area is 87.8 Å². The molecule has 0 aliphatic rings. The fourth-order valence-electron chi connectivity index (χ4n) is 0.169. The quantitative estimate of drug-likeness (QED) is 0.172. The summed E-state index contributed by atoms with van der Waals surface area (Å²) in [5.41, 5.74) is 10.1. The molecule has 0 aliphatic heterocycles. The largest absolute Gasteiger partial charge is 0.379 e. The highest BCUT2D eigenvalue weighted by atomic mass is 32.2. The number of thioether (sulfide) groups is 1. The molecule has 15 heavy (non-hydrogen) atoms. The maximum absolute atomic E-state index is 8.36. The lowest BCUT2D eigenvalue weighted by atomic mass is 10.8. The van der Waals surface area contributed by atoms with E-state index in [-0.39, 0.29) is 5.17 Å². The van der Waals surface area contributed by atoms with Gasteiger partial charge in [0.1, 0.15) is 0 Å². The monoisotopic (exact) mass is 245 g/mol. The number of rotatable bonds is 2. The maximum atomic E-state index is 8.36. The lowest BCUT2D eigenvalue weighted by Crippen LogP contribution is -2.09. The van der Waals surface area contributed by atoms with Gasteiger partial charge in [0.05, 0.1) is 0 Å². The van der Waals surface area contributed by atoms with Crippen LogP contribution in [0.15, 0.2) is 0 Å². The van der Waals surface area contributed by atoms with Crippen LogP contribution < -0.4 is 11.5 Å². The molecular weight excluding hydrogens is 234 g/mol. The molecular formula is C3H11N5O6S. The highest BCUT2D eigenvalue weighted by Crippen LogP contribution is 1.92. The van der Waals surface area contributed by atoms with Crippen molar-refractivity contribution in [1.82, 2.24) is 0 Å². The summed E-state index contributed by atoms with van der Waals surface area (Å²) in [6.45, 7) is 0.588. The first-order valence-electron chi connectivity index (χ1n) is 3.07. The van der Waals surface area contributed by atoms with E-state index < -0.39 is 10.2 Å². The average Bonchev–Trinajstić information content (AvgIpc) is 1.98. The minimum absolute atomic E-state index is 0.144. The Kier molecular flexibility index (Phi) is 18.5. The van der Waals surface area contributed by atoms with Crippen LogP contribution in [-0.2, 0) is 0 Å². The SMILES string of the molecule is N=C(N)SCCN.O=[N+]([O-])O.O=[N+]([O-])O. The van der Waals surface area contributed by atoms with Crippen LogP contribution in [0.2, 0.25) is 0 Å². The predicted molar refractivity (Wildman–Crippen MR) is 51.0 cm³/mol. The first-order chi connectivity index (χ1) is 6.73. The molecule has 0 atom stereocenters. The van der Waals surface area contributed by atoms with Crippen molar-refractivity contribution in [2.75, 3.05) is 12.3 Å². The minimum atomic E-state index is -1.50. The average molecular weight is 245 g/mol. The summed E-state index contributed by atoms with van der Waals surface area (Å²) in [7, 11) is 0. The van der Waals surface area contributed by atoms with Crippen LogP contribution in [0.1, 0.15) is 0 Å². The molecule has 0 spiro atoms. The van der Waals surface area contributed by atoms with Crippen molar-refractivity contribution in [1.29, 1.82) is 5.41 Å². The number of nitrogens with two attached hydrogens (primary N) is 2. The Morgan fingerprint density at radius 3 is 1.67 bits per heavy atom. The third-order valence-corrected chi connectivity index (χ3v) is 1.13. The van der Waals surface area contributed by atoms with Gasteiger partial charge in [-0.3, -0.25) is 5.41 Å². The third kappa shape index (κ3) is 266. The zero-order chi connectivity index (χ0) is 12.9. The van der Waals surface area contributed by atoms with Gasteiger partial charge < -0.3 is 21.9 Å². The highest BCUT2D eigenvalue weighted by molar-refractivity contribution is 8.13. The molecule has 0 fully saturated rings. The second-order valence-corrected chi connectivity index (χ2v) is 2.61. The van der Waals surface area contributed by atoms with Crippen LogP contribution in [-0.4, -0.2) is 38.1 Å². The van der Waals surface area contributed by atoms with Crippen molar-refractivity contribution in [3.63, 3.8) is 0 Å². The fourth-order valence-corrected chi connectivity index (χ4v) is 0.507. The van der Waals surface area contributed by atoms with E-state index in [0.29, 0.717) is 6.54 Å². The number of hydrogen-bond donors (Lipinski definition) is 5. The molecule has 0 saturated carbocycles. The molecule has 0 aromatic heterocycles. The van der Waals surface area contributed by atoms with Crippen molar-refractivity contribution in [3.8, 4) is 0 Å². The van der Waals surface area contributed by atoms with Gasteiger partial charge in [-0.2, -0.15) is 0 Å². The normalized spacial score (nSPS) is 7.27. The van der Waals surface area contributed by atoms with Crippen LogP contribution in [0.5, 0.6) is 0 Å². The van der Waals surface area contributed by atoms with E-state index in [4.69, 9.17) is 47.5 Å². The van der Waals surface area contributed by atoms with Gasteiger partial charge in [-0.1, -0.05) is 11.8 Å². The van der Waals surface area contributed by atoms with E-state index in [0.717, 1.165) is 5.75 Å². The molecule has 0 aromatic carbocycles. The number of nitrogens with one attached hydrogen (secondary N) is 1. The molecule has 90 valence electrons. The zero-order valence-corrected chi connectivity index (χ0v) is 8.22. The van der Waals surface area contributed by atoms with Gasteiger partial charge in [-0.15, -0.1) is 20.2 Å². The summed E-state index contributed by atoms with van der Waals surface area (Å²) in [5, 5.41) is 34.1. The zero-order valence-electron chi connectivity index (χ0n) is 7.40. The molecule has 12 heteroatoms. The fraction of sp³-hybridized carbons (Fsp3) is 0.667. The van der Waals surface area contributed by atoms with Crippen molar-refractivity contribution in [2.45, 2.75) is 0 Å². The summed E-state index contributed by atoms with van der Waals surface area (Å²) in [6, 6.07) is 0. The molecule has 11 nitrogen and oxygen atoms in total. The predicted octanol–water partition coefficient (Wildman–Crippen LogP) is -1.12. The Morgan fingerprint density at radius 2 is 1.60 bits per heavy atom. The maximum Gasteiger partial charge on any atom is 0.291 e. The van der Waals surface area contributed by atoms with Crippen LogP contribution >= 0.6 is 11.8 Å². The second kappa shape index (κ2) is 14.7. The third-order valence-electron chi connectivity index (χ3n) is 0.375. The summed E-state index contributed by atoms with van der Waals surface area (Å²) < 4.78 is 0. The van der Waals surface area contributed by atoms with E-state index in [2.05, 4.69) is 0 Å². The summed E-state index contributed by atoms with van der Waals surface area (Å²) in [5.74, 6) is 0.745. The molecule has 0 aromatic rings. The Hall–Kier alpha value is -1.82. The molecule has 0 rings (SSSR count). The molecule has 0 bridgehead atoms. The number of hydrogen-bond acceptors (Lipinski definition) is 7. The van der Waals surface area contributed by atoms with Crippen molar-refractivity contribution >= 4 is 16.9 Å². The summed E-state index contributed by atoms with van der Waals surface area (Å²) >= 11 is 1.27. The van der Waals surface area contributed by atoms with Crippen molar-refractivity contribution < 1.29 is 20.6 Å². The van der Waals surface area contributed by atoms with E-state index >= 15 is 0 Å². The summed E-state index contributed by atoms with van der Waals surface area (Å²) in [6.07, 6.45) is 0. The van der Waals surface area contributed by atoms with Gasteiger partial charge in [0, 0.05) is 12.3 Å². The van der Waals surface area contributed by atoms with E-state index in [1.807, 2.05) is 0 Å². The van der Waals surface area contributed by atoms with Gasteiger partial charge in [0.25, 0.3) is 10.2 Å². The van der Waals surface area contributed by atoms with Crippen LogP contribution in [0.3, 0.4) is 0 Å². The molecule has 0 amide bonds. The topological polar surface area (TPSA) is 203 Å². The van der Waals surface area contributed by atoms with Crippen molar-refractivity contribution in [3.05, 3.63) is 20.2 Å². The molecule has 0 unspecified atom stereocenters. The molecule has 0 aliphatic carbocycles. The Balaban J connectivity index is -0.000000155. The van der Waals surface area contributed by atoms with Gasteiger partial charge in [-0.25, -0.2) is 0 Å². The summed E-state index contributed by atoms with van der Waals surface area (Å²) in [4.78, 5) is 16.7. The van der Waals surface area contributed by atoms with Gasteiger partial charge in [0.2, 0.25) is 0 Å². The highest BCUT2D eigenvalue weighted by Gasteiger charge is 1.84. The van der Waals surface area contributed by atoms with Gasteiger partial charge >= 0.3 is 0 Å². The Morgan fingerprint density at radius 1 is 1.33 bits per heavy atom. The van der Waals surface area contributed by atoms with Gasteiger partial charge in [0.15, 0.2) is 5.17 Å². The van der Waals surface area contributed by atoms with Crippen molar-refractivity contribution in [2.24, 2.45) is 11.5 Å². The van der Waals surface area contributed by atoms with Crippen LogP contribution in [0.4, 0.5) is 0 Å². The second-order valence-electron chi connectivity index (χ2n) is 1.48. The number of amidine groups is 1. The molecule has 0 heterocycles. The molecule has 0 saturated heterocycles. The van der Waals surface area contributed by atoms with E-state index in [1.54, 1.807) is 0 Å². The first kappa shape index (κ1) is 18.9. The lowest BCUT2D eigenvalue weighted by molar-refractivity contribution is -0.742. The molecule has 0 radical (unpaired) electrons.